The second-order valence-electron chi connectivity index (χ2n) is 6.99. The van der Waals surface area contributed by atoms with Crippen molar-refractivity contribution in [2.45, 2.75) is 25.3 Å². The van der Waals surface area contributed by atoms with Gasteiger partial charge in [0.1, 0.15) is 0 Å². The molecule has 2 aliphatic heterocycles. The highest BCUT2D eigenvalue weighted by Crippen LogP contribution is 2.26. The van der Waals surface area contributed by atoms with Crippen molar-refractivity contribution < 1.29 is 14.4 Å². The van der Waals surface area contributed by atoms with Crippen LogP contribution in [0.3, 0.4) is 0 Å². The van der Waals surface area contributed by atoms with Crippen LogP contribution in [0.25, 0.3) is 0 Å². The molecule has 3 rings (SSSR count). The van der Waals surface area contributed by atoms with Gasteiger partial charge in [0.25, 0.3) is 0 Å². The average Bonchev–Trinajstić information content (AvgIpc) is 2.71. The van der Waals surface area contributed by atoms with Crippen LogP contribution in [0.1, 0.15) is 18.4 Å². The highest BCUT2D eigenvalue weighted by atomic mass is 16.2. The van der Waals surface area contributed by atoms with Crippen molar-refractivity contribution in [1.82, 2.24) is 14.7 Å². The van der Waals surface area contributed by atoms with Crippen molar-refractivity contribution in [2.24, 2.45) is 5.92 Å². The number of carbonyl (C=O) groups is 3. The first-order chi connectivity index (χ1) is 12.0. The van der Waals surface area contributed by atoms with Gasteiger partial charge in [-0.2, -0.15) is 0 Å². The van der Waals surface area contributed by atoms with Gasteiger partial charge in [-0.3, -0.25) is 14.4 Å². The molecule has 0 N–H and O–H groups in total. The number of hydrogen-bond acceptors (Lipinski definition) is 3. The van der Waals surface area contributed by atoms with E-state index in [-0.39, 0.29) is 36.2 Å². The minimum atomic E-state index is -0.223. The van der Waals surface area contributed by atoms with E-state index in [9.17, 15) is 14.4 Å². The number of amides is 3. The van der Waals surface area contributed by atoms with Gasteiger partial charge < -0.3 is 14.7 Å². The van der Waals surface area contributed by atoms with Crippen LogP contribution in [0.4, 0.5) is 0 Å². The maximum absolute atomic E-state index is 12.6. The highest BCUT2D eigenvalue weighted by molar-refractivity contribution is 5.89. The first-order valence-electron chi connectivity index (χ1n) is 8.79. The van der Waals surface area contributed by atoms with Gasteiger partial charge in [0.2, 0.25) is 17.7 Å². The quantitative estimate of drug-likeness (QED) is 0.814. The summed E-state index contributed by atoms with van der Waals surface area (Å²) in [7, 11) is 3.41. The molecule has 0 unspecified atom stereocenters. The highest BCUT2D eigenvalue weighted by Gasteiger charge is 2.43. The summed E-state index contributed by atoms with van der Waals surface area (Å²) >= 11 is 0. The van der Waals surface area contributed by atoms with Crippen LogP contribution in [0.5, 0.6) is 0 Å². The number of carbonyl (C=O) groups excluding carboxylic acids is 3. The minimum absolute atomic E-state index is 0.0130. The Morgan fingerprint density at radius 1 is 1.16 bits per heavy atom. The molecule has 1 aromatic carbocycles. The predicted octanol–water partition coefficient (Wildman–Crippen LogP) is 0.767. The lowest BCUT2D eigenvalue weighted by Crippen LogP contribution is -2.55. The van der Waals surface area contributed by atoms with Gasteiger partial charge in [-0.1, -0.05) is 30.3 Å². The van der Waals surface area contributed by atoms with E-state index in [0.717, 1.165) is 5.56 Å². The molecule has 2 fully saturated rings. The molecule has 6 nitrogen and oxygen atoms in total. The van der Waals surface area contributed by atoms with Crippen molar-refractivity contribution in [1.29, 1.82) is 0 Å². The summed E-state index contributed by atoms with van der Waals surface area (Å²) in [5.41, 5.74) is 1.14. The Hall–Kier alpha value is -2.37. The molecule has 3 amide bonds. The van der Waals surface area contributed by atoms with Gasteiger partial charge in [-0.05, 0) is 18.4 Å². The normalized spacial score (nSPS) is 24.2. The van der Waals surface area contributed by atoms with E-state index >= 15 is 0 Å². The maximum Gasteiger partial charge on any atom is 0.242 e. The van der Waals surface area contributed by atoms with E-state index in [0.29, 0.717) is 32.4 Å². The van der Waals surface area contributed by atoms with Gasteiger partial charge in [-0.15, -0.1) is 0 Å². The summed E-state index contributed by atoms with van der Waals surface area (Å²) in [6.07, 6.45) is 1.77. The fourth-order valence-corrected chi connectivity index (χ4v) is 3.75. The number of likely N-dealkylation sites (tertiary alicyclic amines) is 1. The topological polar surface area (TPSA) is 60.9 Å². The number of nitrogens with zero attached hydrogens (tertiary/aromatic N) is 3. The third-order valence-electron chi connectivity index (χ3n) is 5.36. The standard InChI is InChI=1S/C19H25N3O3/c1-20-13-18(24)21(2)16-12-22(11-10-15(16)19(20)25)17(23)9-8-14-6-4-3-5-7-14/h3-7,15-16H,8-13H2,1-2H3/t15-,16+/m0/s1. The van der Waals surface area contributed by atoms with E-state index < -0.39 is 0 Å². The van der Waals surface area contributed by atoms with Crippen LogP contribution in [0, 0.1) is 5.92 Å². The lowest BCUT2D eigenvalue weighted by Gasteiger charge is -2.40. The molecule has 2 saturated heterocycles. The molecule has 25 heavy (non-hydrogen) atoms. The molecular formula is C19H25N3O3. The second-order valence-corrected chi connectivity index (χ2v) is 6.99. The minimum Gasteiger partial charge on any atom is -0.341 e. The molecule has 0 aliphatic carbocycles. The Balaban J connectivity index is 1.65. The zero-order chi connectivity index (χ0) is 18.0. The zero-order valence-corrected chi connectivity index (χ0v) is 14.9. The number of likely N-dealkylation sites (N-methyl/N-ethyl adjacent to an activating group) is 2. The first-order valence-corrected chi connectivity index (χ1v) is 8.79. The molecule has 0 bridgehead atoms. The van der Waals surface area contributed by atoms with Crippen LogP contribution >= 0.6 is 0 Å². The second kappa shape index (κ2) is 7.25. The van der Waals surface area contributed by atoms with Crippen LogP contribution < -0.4 is 0 Å². The molecule has 2 atom stereocenters. The molecule has 0 saturated carbocycles. The number of piperidine rings is 1. The van der Waals surface area contributed by atoms with Crippen LogP contribution in [0.15, 0.2) is 30.3 Å². The molecule has 0 radical (unpaired) electrons. The third kappa shape index (κ3) is 3.67. The molecule has 2 heterocycles. The number of rotatable bonds is 3. The molecule has 2 aliphatic rings. The summed E-state index contributed by atoms with van der Waals surface area (Å²) in [6.45, 7) is 1.14. The average molecular weight is 343 g/mol. The third-order valence-corrected chi connectivity index (χ3v) is 5.36. The Bertz CT molecular complexity index is 661. The smallest absolute Gasteiger partial charge is 0.242 e. The van der Waals surface area contributed by atoms with Gasteiger partial charge in [0.15, 0.2) is 0 Å². The van der Waals surface area contributed by atoms with Crippen molar-refractivity contribution in [3.05, 3.63) is 35.9 Å². The molecule has 134 valence electrons. The fourth-order valence-electron chi connectivity index (χ4n) is 3.75. The summed E-state index contributed by atoms with van der Waals surface area (Å²) in [4.78, 5) is 42.3. The monoisotopic (exact) mass is 343 g/mol. The Labute approximate surface area is 148 Å². The van der Waals surface area contributed by atoms with E-state index in [1.165, 1.54) is 4.90 Å². The van der Waals surface area contributed by atoms with Gasteiger partial charge >= 0.3 is 0 Å². The van der Waals surface area contributed by atoms with Crippen LogP contribution in [-0.2, 0) is 20.8 Å². The maximum atomic E-state index is 12.6. The molecular weight excluding hydrogens is 318 g/mol. The zero-order valence-electron chi connectivity index (χ0n) is 14.9. The molecule has 0 spiro atoms. The lowest BCUT2D eigenvalue weighted by atomic mass is 9.89. The molecule has 0 aromatic heterocycles. The van der Waals surface area contributed by atoms with E-state index in [1.807, 2.05) is 35.2 Å². The summed E-state index contributed by atoms with van der Waals surface area (Å²) in [5, 5.41) is 0. The molecule has 1 aromatic rings. The van der Waals surface area contributed by atoms with Crippen molar-refractivity contribution >= 4 is 17.7 Å². The van der Waals surface area contributed by atoms with Crippen molar-refractivity contribution in [3.63, 3.8) is 0 Å². The van der Waals surface area contributed by atoms with Crippen LogP contribution in [0.2, 0.25) is 0 Å². The molecule has 6 heteroatoms. The fraction of sp³-hybridized carbons (Fsp3) is 0.526. The predicted molar refractivity (Wildman–Crippen MR) is 93.6 cm³/mol. The summed E-state index contributed by atoms with van der Waals surface area (Å²) in [5.74, 6) is -0.172. The van der Waals surface area contributed by atoms with Crippen LogP contribution in [-0.4, -0.2) is 72.2 Å². The van der Waals surface area contributed by atoms with E-state index in [4.69, 9.17) is 0 Å². The van der Waals surface area contributed by atoms with Crippen molar-refractivity contribution in [3.8, 4) is 0 Å². The van der Waals surface area contributed by atoms with E-state index in [1.54, 1.807) is 19.0 Å². The van der Waals surface area contributed by atoms with Crippen molar-refractivity contribution in [2.75, 3.05) is 33.7 Å². The SMILES string of the molecule is CN1CC(=O)N(C)[C@@H]2CN(C(=O)CCc3ccccc3)CC[C@@H]2C1=O. The Morgan fingerprint density at radius 3 is 2.60 bits per heavy atom. The van der Waals surface area contributed by atoms with Gasteiger partial charge in [0, 0.05) is 33.6 Å². The Kier molecular flexibility index (Phi) is 5.06. The number of benzene rings is 1. The summed E-state index contributed by atoms with van der Waals surface area (Å²) < 4.78 is 0. The number of aryl methyl sites for hydroxylation is 1. The number of hydrogen-bond donors (Lipinski definition) is 0. The summed E-state index contributed by atoms with van der Waals surface area (Å²) in [6, 6.07) is 9.72. The number of fused-ring (bicyclic) bond motifs is 1. The van der Waals surface area contributed by atoms with E-state index in [2.05, 4.69) is 0 Å². The lowest BCUT2D eigenvalue weighted by molar-refractivity contribution is -0.141. The first kappa shape index (κ1) is 17.5. The van der Waals surface area contributed by atoms with Gasteiger partial charge in [-0.25, -0.2) is 0 Å². The Morgan fingerprint density at radius 2 is 1.88 bits per heavy atom. The van der Waals surface area contributed by atoms with Gasteiger partial charge in [0.05, 0.1) is 18.5 Å². The largest absolute Gasteiger partial charge is 0.341 e.